The van der Waals surface area contributed by atoms with Crippen molar-refractivity contribution in [1.82, 2.24) is 9.38 Å². The molecule has 0 radical (unpaired) electrons. The predicted molar refractivity (Wildman–Crippen MR) is 70.2 cm³/mol. The van der Waals surface area contributed by atoms with Crippen molar-refractivity contribution in [1.29, 1.82) is 0 Å². The average molecular weight is 226 g/mol. The predicted octanol–water partition coefficient (Wildman–Crippen LogP) is 3.94. The molecule has 0 spiro atoms. The smallest absolute Gasteiger partial charge is 0.136 e. The fourth-order valence-electron chi connectivity index (χ4n) is 2.72. The molecule has 0 bridgehead atoms. The van der Waals surface area contributed by atoms with Crippen LogP contribution in [0.1, 0.15) is 44.2 Å². The van der Waals surface area contributed by atoms with Gasteiger partial charge in [0, 0.05) is 18.3 Å². The maximum atomic E-state index is 4.73. The van der Waals surface area contributed by atoms with Crippen molar-refractivity contribution in [3.05, 3.63) is 47.9 Å². The molecule has 0 saturated heterocycles. The summed E-state index contributed by atoms with van der Waals surface area (Å²) < 4.78 is 2.13. The molecule has 1 aliphatic carbocycles. The van der Waals surface area contributed by atoms with Gasteiger partial charge in [-0.25, -0.2) is 4.98 Å². The van der Waals surface area contributed by atoms with Crippen LogP contribution in [0, 0.1) is 0 Å². The fourth-order valence-corrected chi connectivity index (χ4v) is 2.72. The highest BCUT2D eigenvalue weighted by molar-refractivity contribution is 5.40. The molecule has 17 heavy (non-hydrogen) atoms. The largest absolute Gasteiger partial charge is 0.307 e. The van der Waals surface area contributed by atoms with Gasteiger partial charge in [0.25, 0.3) is 0 Å². The molecular weight excluding hydrogens is 208 g/mol. The van der Waals surface area contributed by atoms with Crippen LogP contribution in [0.3, 0.4) is 0 Å². The van der Waals surface area contributed by atoms with Gasteiger partial charge in [0.05, 0.1) is 5.69 Å². The molecule has 3 rings (SSSR count). The third kappa shape index (κ3) is 1.99. The van der Waals surface area contributed by atoms with E-state index in [-0.39, 0.29) is 0 Å². The molecular formula is C15H18N2. The molecule has 2 aromatic heterocycles. The van der Waals surface area contributed by atoms with Gasteiger partial charge in [0.15, 0.2) is 0 Å². The molecule has 2 nitrogen and oxygen atoms in total. The Balaban J connectivity index is 1.85. The topological polar surface area (TPSA) is 17.3 Å². The third-order valence-corrected chi connectivity index (χ3v) is 3.84. The van der Waals surface area contributed by atoms with Crippen molar-refractivity contribution in [3.63, 3.8) is 0 Å². The fraction of sp³-hybridized carbons (Fsp3) is 0.400. The number of hydrogen-bond donors (Lipinski definition) is 0. The van der Waals surface area contributed by atoms with Crippen LogP contribution >= 0.6 is 0 Å². The van der Waals surface area contributed by atoms with Crippen LogP contribution < -0.4 is 0 Å². The molecule has 0 unspecified atom stereocenters. The minimum atomic E-state index is 0.651. The lowest BCUT2D eigenvalue weighted by atomic mass is 9.84. The molecule has 1 fully saturated rings. The molecule has 0 aliphatic heterocycles. The van der Waals surface area contributed by atoms with Crippen LogP contribution in [0.5, 0.6) is 0 Å². The Bertz CT molecular complexity index is 508. The highest BCUT2D eigenvalue weighted by atomic mass is 15.0. The monoisotopic (exact) mass is 226 g/mol. The second-order valence-corrected chi connectivity index (χ2v) is 4.85. The molecule has 0 N–H and O–H groups in total. The van der Waals surface area contributed by atoms with Gasteiger partial charge in [-0.15, -0.1) is 0 Å². The summed E-state index contributed by atoms with van der Waals surface area (Å²) in [6, 6.07) is 6.17. The van der Waals surface area contributed by atoms with E-state index >= 15 is 0 Å². The maximum Gasteiger partial charge on any atom is 0.136 e. The Labute approximate surface area is 102 Å². The Hall–Kier alpha value is -1.57. The molecule has 2 heterocycles. The number of imidazole rings is 1. The minimum Gasteiger partial charge on any atom is -0.307 e. The molecule has 2 heteroatoms. The van der Waals surface area contributed by atoms with E-state index in [1.165, 1.54) is 31.4 Å². The first kappa shape index (κ1) is 10.6. The summed E-state index contributed by atoms with van der Waals surface area (Å²) in [5.74, 6) is 0.651. The molecule has 0 atom stereocenters. The maximum absolute atomic E-state index is 4.73. The number of pyridine rings is 1. The van der Waals surface area contributed by atoms with Crippen molar-refractivity contribution < 1.29 is 0 Å². The molecule has 1 saturated carbocycles. The SMILES string of the molecule is CC=C1CCC(c2cn3ccccc3n2)CC1. The van der Waals surface area contributed by atoms with Crippen molar-refractivity contribution in [2.24, 2.45) is 0 Å². The first-order chi connectivity index (χ1) is 8.36. The second kappa shape index (κ2) is 4.36. The van der Waals surface area contributed by atoms with E-state index in [0.29, 0.717) is 5.92 Å². The molecule has 0 aromatic carbocycles. The standard InChI is InChI=1S/C15H18N2/c1-2-12-6-8-13(9-7-12)14-11-17-10-4-3-5-15(17)16-14/h2-5,10-11,13H,6-9H2,1H3. The van der Waals surface area contributed by atoms with E-state index in [2.05, 4.69) is 41.9 Å². The third-order valence-electron chi connectivity index (χ3n) is 3.84. The second-order valence-electron chi connectivity index (χ2n) is 4.85. The Morgan fingerprint density at radius 3 is 2.82 bits per heavy atom. The van der Waals surface area contributed by atoms with E-state index in [1.807, 2.05) is 6.07 Å². The van der Waals surface area contributed by atoms with Gasteiger partial charge in [0.1, 0.15) is 5.65 Å². The number of aromatic nitrogens is 2. The van der Waals surface area contributed by atoms with Crippen LogP contribution in [-0.2, 0) is 0 Å². The first-order valence-electron chi connectivity index (χ1n) is 6.44. The quantitative estimate of drug-likeness (QED) is 0.673. The summed E-state index contributed by atoms with van der Waals surface area (Å²) in [5.41, 5.74) is 3.95. The highest BCUT2D eigenvalue weighted by Gasteiger charge is 2.20. The zero-order valence-electron chi connectivity index (χ0n) is 10.3. The van der Waals surface area contributed by atoms with Crippen molar-refractivity contribution in [2.75, 3.05) is 0 Å². The Morgan fingerprint density at radius 2 is 2.12 bits per heavy atom. The van der Waals surface area contributed by atoms with Crippen molar-refractivity contribution in [2.45, 2.75) is 38.5 Å². The number of hydrogen-bond acceptors (Lipinski definition) is 1. The van der Waals surface area contributed by atoms with Gasteiger partial charge in [-0.2, -0.15) is 0 Å². The van der Waals surface area contributed by atoms with Gasteiger partial charge in [0.2, 0.25) is 0 Å². The molecule has 0 amide bonds. The van der Waals surface area contributed by atoms with Crippen LogP contribution in [-0.4, -0.2) is 9.38 Å². The minimum absolute atomic E-state index is 0.651. The zero-order valence-corrected chi connectivity index (χ0v) is 10.3. The Kier molecular flexibility index (Phi) is 2.71. The zero-order chi connectivity index (χ0) is 11.7. The lowest BCUT2D eigenvalue weighted by Gasteiger charge is -2.22. The summed E-state index contributed by atoms with van der Waals surface area (Å²) in [4.78, 5) is 4.73. The van der Waals surface area contributed by atoms with Crippen molar-refractivity contribution in [3.8, 4) is 0 Å². The first-order valence-corrected chi connectivity index (χ1v) is 6.44. The normalized spacial score (nSPS) is 20.8. The summed E-state index contributed by atoms with van der Waals surface area (Å²) in [7, 11) is 0. The van der Waals surface area contributed by atoms with Crippen LogP contribution in [0.15, 0.2) is 42.2 Å². The lowest BCUT2D eigenvalue weighted by molar-refractivity contribution is 0.508. The average Bonchev–Trinajstić information content (AvgIpc) is 2.82. The number of allylic oxidation sites excluding steroid dienone is 2. The lowest BCUT2D eigenvalue weighted by Crippen LogP contribution is -2.06. The number of nitrogens with zero attached hydrogens (tertiary/aromatic N) is 2. The van der Waals surface area contributed by atoms with Gasteiger partial charge < -0.3 is 4.40 Å². The summed E-state index contributed by atoms with van der Waals surface area (Å²) in [6.45, 7) is 2.15. The van der Waals surface area contributed by atoms with E-state index < -0.39 is 0 Å². The molecule has 2 aromatic rings. The van der Waals surface area contributed by atoms with Crippen LogP contribution in [0.4, 0.5) is 0 Å². The molecule has 88 valence electrons. The van der Waals surface area contributed by atoms with Gasteiger partial charge >= 0.3 is 0 Å². The Morgan fingerprint density at radius 1 is 1.29 bits per heavy atom. The number of rotatable bonds is 1. The van der Waals surface area contributed by atoms with Gasteiger partial charge in [-0.3, -0.25) is 0 Å². The van der Waals surface area contributed by atoms with Gasteiger partial charge in [-0.05, 0) is 44.7 Å². The van der Waals surface area contributed by atoms with E-state index in [0.717, 1.165) is 5.65 Å². The van der Waals surface area contributed by atoms with Crippen molar-refractivity contribution >= 4 is 5.65 Å². The van der Waals surface area contributed by atoms with Crippen LogP contribution in [0.2, 0.25) is 0 Å². The van der Waals surface area contributed by atoms with E-state index in [1.54, 1.807) is 5.57 Å². The molecule has 1 aliphatic rings. The summed E-state index contributed by atoms with van der Waals surface area (Å²) in [6.07, 6.45) is 11.5. The van der Waals surface area contributed by atoms with E-state index in [9.17, 15) is 0 Å². The highest BCUT2D eigenvalue weighted by Crippen LogP contribution is 2.34. The summed E-state index contributed by atoms with van der Waals surface area (Å²) >= 11 is 0. The summed E-state index contributed by atoms with van der Waals surface area (Å²) in [5, 5.41) is 0. The van der Waals surface area contributed by atoms with E-state index in [4.69, 9.17) is 4.98 Å². The van der Waals surface area contributed by atoms with Gasteiger partial charge in [-0.1, -0.05) is 17.7 Å². The number of fused-ring (bicyclic) bond motifs is 1. The van der Waals surface area contributed by atoms with Crippen LogP contribution in [0.25, 0.3) is 5.65 Å².